The lowest BCUT2D eigenvalue weighted by Crippen LogP contribution is -2.59. The molecule has 0 unspecified atom stereocenters. The third kappa shape index (κ3) is 4.90. The predicted molar refractivity (Wildman–Crippen MR) is 85.9 cm³/mol. The number of piperidine rings is 1. The molecule has 1 heterocycles. The second-order valence-corrected chi connectivity index (χ2v) is 7.40. The zero-order chi connectivity index (χ0) is 15.7. The van der Waals surface area contributed by atoms with E-state index in [4.69, 9.17) is 16.3 Å². The van der Waals surface area contributed by atoms with Crippen LogP contribution in [0.15, 0.2) is 24.3 Å². The Morgan fingerprint density at radius 2 is 1.71 bits per heavy atom. The van der Waals surface area contributed by atoms with E-state index in [0.717, 1.165) is 12.8 Å². The summed E-state index contributed by atoms with van der Waals surface area (Å²) < 4.78 is 5.57. The van der Waals surface area contributed by atoms with Crippen molar-refractivity contribution in [3.8, 4) is 0 Å². The normalized spacial score (nSPS) is 20.8. The third-order valence-corrected chi connectivity index (χ3v) is 3.77. The first-order chi connectivity index (χ1) is 9.65. The molecule has 2 N–H and O–H groups in total. The molecule has 2 rings (SSSR count). The van der Waals surface area contributed by atoms with Crippen LogP contribution in [-0.4, -0.2) is 23.3 Å². The van der Waals surface area contributed by atoms with Gasteiger partial charge in [-0.15, -0.1) is 0 Å². The number of carbonyl (C=O) groups is 1. The van der Waals surface area contributed by atoms with Crippen molar-refractivity contribution in [1.82, 2.24) is 5.32 Å². The molecule has 0 saturated carbocycles. The van der Waals surface area contributed by atoms with Gasteiger partial charge < -0.3 is 10.1 Å². The van der Waals surface area contributed by atoms with Gasteiger partial charge in [0.05, 0.1) is 0 Å². The zero-order valence-corrected chi connectivity index (χ0v) is 13.8. The maximum atomic E-state index is 12.0. The minimum Gasteiger partial charge on any atom is -0.446 e. The summed E-state index contributed by atoms with van der Waals surface area (Å²) in [6, 6.07) is 6.96. The van der Waals surface area contributed by atoms with Crippen LogP contribution in [0.25, 0.3) is 0 Å². The predicted octanol–water partition coefficient (Wildman–Crippen LogP) is 4.20. The number of nitrogens with one attached hydrogen (secondary N) is 2. The highest BCUT2D eigenvalue weighted by atomic mass is 35.5. The Hall–Kier alpha value is -1.26. The average molecular weight is 311 g/mol. The van der Waals surface area contributed by atoms with Crippen molar-refractivity contribution in [2.45, 2.75) is 57.7 Å². The summed E-state index contributed by atoms with van der Waals surface area (Å²) in [5, 5.41) is 6.93. The van der Waals surface area contributed by atoms with E-state index >= 15 is 0 Å². The SMILES string of the molecule is CC1(C)CC(OC(=O)Nc2ccc(Cl)cc2)CC(C)(C)N1. The van der Waals surface area contributed by atoms with Gasteiger partial charge in [0.1, 0.15) is 6.10 Å². The molecular formula is C16H23ClN2O2. The molecule has 0 radical (unpaired) electrons. The Labute approximate surface area is 131 Å². The number of carbonyl (C=O) groups excluding carboxylic acids is 1. The topological polar surface area (TPSA) is 50.4 Å². The second-order valence-electron chi connectivity index (χ2n) is 6.96. The molecule has 0 aliphatic carbocycles. The molecule has 4 nitrogen and oxygen atoms in total. The first kappa shape index (κ1) is 16.1. The van der Waals surface area contributed by atoms with Crippen LogP contribution in [0, 0.1) is 0 Å². The summed E-state index contributed by atoms with van der Waals surface area (Å²) in [5.74, 6) is 0. The van der Waals surface area contributed by atoms with Crippen LogP contribution in [0.3, 0.4) is 0 Å². The number of hydrogen-bond acceptors (Lipinski definition) is 3. The van der Waals surface area contributed by atoms with E-state index in [1.807, 2.05) is 0 Å². The van der Waals surface area contributed by atoms with Crippen LogP contribution >= 0.6 is 11.6 Å². The molecule has 1 aromatic carbocycles. The van der Waals surface area contributed by atoms with E-state index < -0.39 is 6.09 Å². The standard InChI is InChI=1S/C16H23ClN2O2/c1-15(2)9-13(10-16(3,4)19-15)21-14(20)18-12-7-5-11(17)6-8-12/h5-8,13,19H,9-10H2,1-4H3,(H,18,20). The number of rotatable bonds is 2. The van der Waals surface area contributed by atoms with E-state index in [2.05, 4.69) is 38.3 Å². The van der Waals surface area contributed by atoms with Crippen molar-refractivity contribution < 1.29 is 9.53 Å². The van der Waals surface area contributed by atoms with Crippen molar-refractivity contribution >= 4 is 23.4 Å². The monoisotopic (exact) mass is 310 g/mol. The average Bonchev–Trinajstić information content (AvgIpc) is 2.27. The number of amides is 1. The Morgan fingerprint density at radius 3 is 2.24 bits per heavy atom. The number of ether oxygens (including phenoxy) is 1. The Balaban J connectivity index is 1.94. The van der Waals surface area contributed by atoms with Gasteiger partial charge in [-0.3, -0.25) is 5.32 Å². The largest absolute Gasteiger partial charge is 0.446 e. The minimum atomic E-state index is -0.421. The van der Waals surface area contributed by atoms with Crippen molar-refractivity contribution in [2.75, 3.05) is 5.32 Å². The summed E-state index contributed by atoms with van der Waals surface area (Å²) in [4.78, 5) is 12.0. The van der Waals surface area contributed by atoms with Crippen molar-refractivity contribution in [1.29, 1.82) is 0 Å². The molecule has 0 atom stereocenters. The molecule has 0 aromatic heterocycles. The van der Waals surface area contributed by atoms with Gasteiger partial charge in [-0.05, 0) is 52.0 Å². The third-order valence-electron chi connectivity index (χ3n) is 3.52. The summed E-state index contributed by atoms with van der Waals surface area (Å²) in [6.45, 7) is 8.51. The maximum Gasteiger partial charge on any atom is 0.411 e. The van der Waals surface area contributed by atoms with Crippen LogP contribution in [0.1, 0.15) is 40.5 Å². The van der Waals surface area contributed by atoms with Crippen LogP contribution in [0.5, 0.6) is 0 Å². The molecule has 1 fully saturated rings. The van der Waals surface area contributed by atoms with E-state index in [-0.39, 0.29) is 17.2 Å². The fourth-order valence-corrected chi connectivity index (χ4v) is 3.27. The molecule has 1 saturated heterocycles. The fraction of sp³-hybridized carbons (Fsp3) is 0.562. The van der Waals surface area contributed by atoms with E-state index in [1.165, 1.54) is 0 Å². The van der Waals surface area contributed by atoms with Gasteiger partial charge in [0, 0.05) is 34.6 Å². The molecule has 116 valence electrons. The lowest BCUT2D eigenvalue weighted by molar-refractivity contribution is 0.0256. The smallest absolute Gasteiger partial charge is 0.411 e. The molecule has 1 aliphatic heterocycles. The van der Waals surface area contributed by atoms with Crippen molar-refractivity contribution in [3.05, 3.63) is 29.3 Å². The molecule has 1 aliphatic rings. The number of benzene rings is 1. The molecule has 0 spiro atoms. The van der Waals surface area contributed by atoms with Crippen LogP contribution in [-0.2, 0) is 4.74 Å². The first-order valence-electron chi connectivity index (χ1n) is 7.18. The number of anilines is 1. The van der Waals surface area contributed by atoms with Gasteiger partial charge in [-0.1, -0.05) is 11.6 Å². The van der Waals surface area contributed by atoms with Gasteiger partial charge in [-0.2, -0.15) is 0 Å². The summed E-state index contributed by atoms with van der Waals surface area (Å²) in [5.41, 5.74) is 0.580. The highest BCUT2D eigenvalue weighted by Crippen LogP contribution is 2.30. The van der Waals surface area contributed by atoms with Gasteiger partial charge in [0.25, 0.3) is 0 Å². The summed E-state index contributed by atoms with van der Waals surface area (Å²) >= 11 is 5.82. The molecule has 0 bridgehead atoms. The summed E-state index contributed by atoms with van der Waals surface area (Å²) in [6.07, 6.45) is 1.08. The minimum absolute atomic E-state index is 0.0486. The fourth-order valence-electron chi connectivity index (χ4n) is 3.14. The Kier molecular flexibility index (Phi) is 4.49. The Bertz CT molecular complexity index is 496. The van der Waals surface area contributed by atoms with Gasteiger partial charge in [0.2, 0.25) is 0 Å². The second kappa shape index (κ2) is 5.85. The van der Waals surface area contributed by atoms with Crippen LogP contribution in [0.2, 0.25) is 5.02 Å². The zero-order valence-electron chi connectivity index (χ0n) is 13.0. The molecule has 5 heteroatoms. The van der Waals surface area contributed by atoms with Crippen molar-refractivity contribution in [2.24, 2.45) is 0 Å². The molecular weight excluding hydrogens is 288 g/mol. The van der Waals surface area contributed by atoms with E-state index in [1.54, 1.807) is 24.3 Å². The number of hydrogen-bond donors (Lipinski definition) is 2. The first-order valence-corrected chi connectivity index (χ1v) is 7.56. The highest BCUT2D eigenvalue weighted by molar-refractivity contribution is 6.30. The molecule has 1 aromatic rings. The van der Waals surface area contributed by atoms with Crippen LogP contribution in [0.4, 0.5) is 10.5 Å². The van der Waals surface area contributed by atoms with E-state index in [0.29, 0.717) is 10.7 Å². The Morgan fingerprint density at radius 1 is 1.19 bits per heavy atom. The molecule has 21 heavy (non-hydrogen) atoms. The number of halogens is 1. The van der Waals surface area contributed by atoms with Crippen LogP contribution < -0.4 is 10.6 Å². The maximum absolute atomic E-state index is 12.0. The highest BCUT2D eigenvalue weighted by Gasteiger charge is 2.39. The van der Waals surface area contributed by atoms with Crippen molar-refractivity contribution in [3.63, 3.8) is 0 Å². The van der Waals surface area contributed by atoms with Gasteiger partial charge in [0.15, 0.2) is 0 Å². The van der Waals surface area contributed by atoms with Gasteiger partial charge >= 0.3 is 6.09 Å². The van der Waals surface area contributed by atoms with Gasteiger partial charge in [-0.25, -0.2) is 4.79 Å². The lowest BCUT2D eigenvalue weighted by Gasteiger charge is -2.45. The lowest BCUT2D eigenvalue weighted by atomic mass is 9.81. The summed E-state index contributed by atoms with van der Waals surface area (Å²) in [7, 11) is 0. The van der Waals surface area contributed by atoms with E-state index in [9.17, 15) is 4.79 Å². The quantitative estimate of drug-likeness (QED) is 0.861. The molecule has 1 amide bonds.